The van der Waals surface area contributed by atoms with Crippen molar-refractivity contribution in [3.8, 4) is 17.2 Å². The van der Waals surface area contributed by atoms with Gasteiger partial charge in [-0.1, -0.05) is 29.8 Å². The lowest BCUT2D eigenvalue weighted by Gasteiger charge is -2.13. The summed E-state index contributed by atoms with van der Waals surface area (Å²) in [5.74, 6) is 1.89. The van der Waals surface area contributed by atoms with E-state index in [1.165, 1.54) is 0 Å². The lowest BCUT2D eigenvalue weighted by molar-refractivity contribution is 0.154. The zero-order valence-electron chi connectivity index (χ0n) is 11.3. The molecule has 4 heteroatoms. The largest absolute Gasteiger partial charge is 0.490 e. The van der Waals surface area contributed by atoms with E-state index in [4.69, 9.17) is 21.1 Å². The van der Waals surface area contributed by atoms with Gasteiger partial charge in [0.2, 0.25) is 0 Å². The number of aliphatic hydroxyl groups is 1. The summed E-state index contributed by atoms with van der Waals surface area (Å²) in [6, 6.07) is 14.7. The van der Waals surface area contributed by atoms with Gasteiger partial charge in [0, 0.05) is 17.5 Å². The second-order valence-electron chi connectivity index (χ2n) is 4.49. The fourth-order valence-electron chi connectivity index (χ4n) is 1.64. The minimum absolute atomic E-state index is 0.388. The predicted octanol–water partition coefficient (Wildman–Crippen LogP) is 4.28. The van der Waals surface area contributed by atoms with Gasteiger partial charge in [-0.3, -0.25) is 0 Å². The number of ether oxygens (including phenoxy) is 2. The Morgan fingerprint density at radius 3 is 2.55 bits per heavy atom. The van der Waals surface area contributed by atoms with E-state index in [0.717, 1.165) is 5.75 Å². The molecule has 0 aromatic heterocycles. The third-order valence-corrected chi connectivity index (χ3v) is 2.91. The van der Waals surface area contributed by atoms with Gasteiger partial charge in [0.25, 0.3) is 0 Å². The molecular formula is C16H17ClO3. The van der Waals surface area contributed by atoms with Crippen molar-refractivity contribution in [3.05, 3.63) is 53.6 Å². The second-order valence-corrected chi connectivity index (χ2v) is 4.93. The maximum absolute atomic E-state index is 9.25. The molecule has 0 aliphatic carbocycles. The van der Waals surface area contributed by atoms with Gasteiger partial charge in [-0.05, 0) is 31.2 Å². The molecule has 0 amide bonds. The minimum Gasteiger partial charge on any atom is -0.490 e. The van der Waals surface area contributed by atoms with Crippen LogP contribution in [0.3, 0.4) is 0 Å². The van der Waals surface area contributed by atoms with Gasteiger partial charge < -0.3 is 14.6 Å². The van der Waals surface area contributed by atoms with Crippen molar-refractivity contribution in [3.63, 3.8) is 0 Å². The number of para-hydroxylation sites is 1. The third kappa shape index (κ3) is 4.44. The summed E-state index contributed by atoms with van der Waals surface area (Å²) in [6.07, 6.45) is 0.175. The Morgan fingerprint density at radius 2 is 1.85 bits per heavy atom. The van der Waals surface area contributed by atoms with Gasteiger partial charge in [0.05, 0.1) is 12.7 Å². The molecule has 0 radical (unpaired) electrons. The summed E-state index contributed by atoms with van der Waals surface area (Å²) in [7, 11) is 0. The van der Waals surface area contributed by atoms with Gasteiger partial charge in [0.15, 0.2) is 11.5 Å². The topological polar surface area (TPSA) is 38.7 Å². The molecule has 0 saturated carbocycles. The summed E-state index contributed by atoms with van der Waals surface area (Å²) in [5, 5.41) is 9.83. The van der Waals surface area contributed by atoms with Crippen molar-refractivity contribution in [1.29, 1.82) is 0 Å². The van der Waals surface area contributed by atoms with Crippen molar-refractivity contribution in [1.82, 2.24) is 0 Å². The summed E-state index contributed by atoms with van der Waals surface area (Å²) in [4.78, 5) is 0. The van der Waals surface area contributed by atoms with E-state index in [1.807, 2.05) is 30.3 Å². The highest BCUT2D eigenvalue weighted by atomic mass is 35.5. The first-order chi connectivity index (χ1) is 9.65. The standard InChI is InChI=1S/C16H17ClO3/c1-12(18)9-10-19-15-8-7-13(17)11-16(15)20-14-5-3-2-4-6-14/h2-8,11-12,18H,9-10H2,1H3. The molecule has 2 aromatic carbocycles. The van der Waals surface area contributed by atoms with Crippen LogP contribution in [0.4, 0.5) is 0 Å². The number of halogens is 1. The van der Waals surface area contributed by atoms with Crippen molar-refractivity contribution in [2.24, 2.45) is 0 Å². The Balaban J connectivity index is 2.11. The van der Waals surface area contributed by atoms with Crippen LogP contribution in [-0.4, -0.2) is 17.8 Å². The fourth-order valence-corrected chi connectivity index (χ4v) is 1.80. The average Bonchev–Trinajstić information content (AvgIpc) is 2.42. The van der Waals surface area contributed by atoms with Crippen molar-refractivity contribution < 1.29 is 14.6 Å². The quantitative estimate of drug-likeness (QED) is 0.863. The molecule has 20 heavy (non-hydrogen) atoms. The first-order valence-corrected chi connectivity index (χ1v) is 6.86. The van der Waals surface area contributed by atoms with Crippen LogP contribution in [0.5, 0.6) is 17.2 Å². The Hall–Kier alpha value is -1.71. The molecular weight excluding hydrogens is 276 g/mol. The van der Waals surface area contributed by atoms with Crippen LogP contribution < -0.4 is 9.47 Å². The number of hydrogen-bond acceptors (Lipinski definition) is 3. The zero-order chi connectivity index (χ0) is 14.4. The molecule has 0 spiro atoms. The normalized spacial score (nSPS) is 11.9. The number of benzene rings is 2. The first kappa shape index (κ1) is 14.7. The number of hydrogen-bond donors (Lipinski definition) is 1. The molecule has 0 heterocycles. The summed E-state index contributed by atoms with van der Waals surface area (Å²) in [6.45, 7) is 2.15. The highest BCUT2D eigenvalue weighted by Gasteiger charge is 2.08. The summed E-state index contributed by atoms with van der Waals surface area (Å²) < 4.78 is 11.4. The van der Waals surface area contributed by atoms with Crippen LogP contribution in [0.25, 0.3) is 0 Å². The Bertz CT molecular complexity index is 541. The molecule has 106 valence electrons. The smallest absolute Gasteiger partial charge is 0.170 e. The van der Waals surface area contributed by atoms with Crippen molar-refractivity contribution in [2.45, 2.75) is 19.4 Å². The lowest BCUT2D eigenvalue weighted by Crippen LogP contribution is -2.07. The predicted molar refractivity (Wildman–Crippen MR) is 79.8 cm³/mol. The molecule has 1 N–H and O–H groups in total. The van der Waals surface area contributed by atoms with Gasteiger partial charge in [-0.2, -0.15) is 0 Å². The number of aliphatic hydroxyl groups excluding tert-OH is 1. The van der Waals surface area contributed by atoms with Crippen LogP contribution in [0.1, 0.15) is 13.3 Å². The highest BCUT2D eigenvalue weighted by molar-refractivity contribution is 6.30. The molecule has 2 rings (SSSR count). The second kappa shape index (κ2) is 7.17. The molecule has 1 atom stereocenters. The van der Waals surface area contributed by atoms with Crippen molar-refractivity contribution in [2.75, 3.05) is 6.61 Å². The minimum atomic E-state index is -0.388. The van der Waals surface area contributed by atoms with Gasteiger partial charge in [-0.25, -0.2) is 0 Å². The van der Waals surface area contributed by atoms with E-state index in [0.29, 0.717) is 29.5 Å². The fraction of sp³-hybridized carbons (Fsp3) is 0.250. The van der Waals surface area contributed by atoms with Crippen LogP contribution in [0.2, 0.25) is 5.02 Å². The Morgan fingerprint density at radius 1 is 1.10 bits per heavy atom. The summed E-state index contributed by atoms with van der Waals surface area (Å²) in [5.41, 5.74) is 0. The number of rotatable bonds is 6. The Kier molecular flexibility index (Phi) is 5.27. The van der Waals surface area contributed by atoms with Crippen molar-refractivity contribution >= 4 is 11.6 Å². The van der Waals surface area contributed by atoms with E-state index in [-0.39, 0.29) is 6.10 Å². The molecule has 0 aliphatic heterocycles. The molecule has 3 nitrogen and oxygen atoms in total. The third-order valence-electron chi connectivity index (χ3n) is 2.67. The zero-order valence-corrected chi connectivity index (χ0v) is 12.0. The molecule has 0 bridgehead atoms. The van der Waals surface area contributed by atoms with Gasteiger partial charge >= 0.3 is 0 Å². The molecule has 2 aromatic rings. The van der Waals surface area contributed by atoms with Crippen LogP contribution >= 0.6 is 11.6 Å². The first-order valence-electron chi connectivity index (χ1n) is 6.48. The van der Waals surface area contributed by atoms with E-state index in [1.54, 1.807) is 25.1 Å². The van der Waals surface area contributed by atoms with E-state index < -0.39 is 0 Å². The van der Waals surface area contributed by atoms with E-state index in [9.17, 15) is 5.11 Å². The van der Waals surface area contributed by atoms with Crippen LogP contribution in [-0.2, 0) is 0 Å². The van der Waals surface area contributed by atoms with E-state index >= 15 is 0 Å². The molecule has 0 fully saturated rings. The summed E-state index contributed by atoms with van der Waals surface area (Å²) >= 11 is 5.99. The highest BCUT2D eigenvalue weighted by Crippen LogP contribution is 2.34. The van der Waals surface area contributed by atoms with Gasteiger partial charge in [-0.15, -0.1) is 0 Å². The maximum atomic E-state index is 9.25. The van der Waals surface area contributed by atoms with E-state index in [2.05, 4.69) is 0 Å². The average molecular weight is 293 g/mol. The molecule has 0 saturated heterocycles. The SMILES string of the molecule is CC(O)CCOc1ccc(Cl)cc1Oc1ccccc1. The van der Waals surface area contributed by atoms with Gasteiger partial charge in [0.1, 0.15) is 5.75 Å². The van der Waals surface area contributed by atoms with Crippen LogP contribution in [0, 0.1) is 0 Å². The molecule has 1 unspecified atom stereocenters. The molecule has 0 aliphatic rings. The lowest BCUT2D eigenvalue weighted by atomic mass is 10.3. The maximum Gasteiger partial charge on any atom is 0.170 e. The van der Waals surface area contributed by atoms with Crippen LogP contribution in [0.15, 0.2) is 48.5 Å². The monoisotopic (exact) mass is 292 g/mol. The Labute approximate surface area is 123 Å².